The Morgan fingerprint density at radius 2 is 2.00 bits per heavy atom. The van der Waals surface area contributed by atoms with Crippen molar-refractivity contribution in [1.82, 2.24) is 35.0 Å². The summed E-state index contributed by atoms with van der Waals surface area (Å²) in [4.78, 5) is 4.16. The Hall–Kier alpha value is -4.01. The van der Waals surface area contributed by atoms with Crippen LogP contribution in [0.15, 0.2) is 65.7 Å². The van der Waals surface area contributed by atoms with E-state index in [2.05, 4.69) is 30.5 Å². The highest BCUT2D eigenvalue weighted by atomic mass is 16.5. The van der Waals surface area contributed by atoms with E-state index < -0.39 is 6.10 Å². The number of hydrogen-bond donors (Lipinski definition) is 1. The number of ether oxygens (including phenoxy) is 1. The van der Waals surface area contributed by atoms with E-state index in [1.807, 2.05) is 43.3 Å². The van der Waals surface area contributed by atoms with E-state index in [1.165, 1.54) is 6.33 Å². The highest BCUT2D eigenvalue weighted by Gasteiger charge is 2.20. The molecule has 0 fully saturated rings. The van der Waals surface area contributed by atoms with Crippen LogP contribution in [-0.2, 0) is 0 Å². The second-order valence-electron chi connectivity index (χ2n) is 6.15. The summed E-state index contributed by atoms with van der Waals surface area (Å²) in [6.45, 7) is 1.87. The van der Waals surface area contributed by atoms with E-state index in [9.17, 15) is 0 Å². The van der Waals surface area contributed by atoms with Gasteiger partial charge in [-0.05, 0) is 24.6 Å². The predicted octanol–water partition coefficient (Wildman–Crippen LogP) is 3.31. The number of fused-ring (bicyclic) bond motifs is 1. The summed E-state index contributed by atoms with van der Waals surface area (Å²) in [5, 5.41) is 20.0. The Balaban J connectivity index is 1.66. The number of rotatable bonds is 5. The fourth-order valence-corrected chi connectivity index (χ4v) is 2.93. The molecule has 0 bridgehead atoms. The lowest BCUT2D eigenvalue weighted by Gasteiger charge is -2.15. The van der Waals surface area contributed by atoms with Crippen LogP contribution in [0.3, 0.4) is 0 Å². The third-order valence-electron chi connectivity index (χ3n) is 4.31. The normalized spacial score (nSPS) is 12.3. The molecule has 5 rings (SSSR count). The number of nitrogens with zero attached hydrogens (tertiary/aromatic N) is 6. The van der Waals surface area contributed by atoms with Crippen molar-refractivity contribution in [2.45, 2.75) is 13.0 Å². The Bertz CT molecular complexity index is 1200. The second-order valence-corrected chi connectivity index (χ2v) is 6.15. The molecule has 0 aliphatic heterocycles. The van der Waals surface area contributed by atoms with Crippen LogP contribution >= 0.6 is 0 Å². The van der Waals surface area contributed by atoms with Crippen LogP contribution in [0.25, 0.3) is 28.2 Å². The summed E-state index contributed by atoms with van der Waals surface area (Å²) in [5.74, 6) is 1.54. The minimum Gasteiger partial charge on any atom is -0.472 e. The molecule has 4 aromatic heterocycles. The minimum atomic E-state index is -0.396. The van der Waals surface area contributed by atoms with Crippen molar-refractivity contribution in [2.75, 3.05) is 0 Å². The Morgan fingerprint density at radius 1 is 1.11 bits per heavy atom. The molecular weight excluding hydrogens is 358 g/mol. The molecule has 138 valence electrons. The fraction of sp³-hybridized carbons (Fsp3) is 0.105. The zero-order valence-corrected chi connectivity index (χ0v) is 14.9. The second kappa shape index (κ2) is 6.62. The molecule has 0 saturated heterocycles. The number of H-pyrrole nitrogens is 1. The predicted molar refractivity (Wildman–Crippen MR) is 99.3 cm³/mol. The molecule has 0 radical (unpaired) electrons. The summed E-state index contributed by atoms with van der Waals surface area (Å²) in [6.07, 6.45) is 4.30. The quantitative estimate of drug-likeness (QED) is 0.503. The van der Waals surface area contributed by atoms with E-state index >= 15 is 0 Å². The molecule has 9 nitrogen and oxygen atoms in total. The van der Waals surface area contributed by atoms with Crippen molar-refractivity contribution < 1.29 is 9.15 Å². The van der Waals surface area contributed by atoms with Gasteiger partial charge in [0.05, 0.1) is 11.8 Å². The van der Waals surface area contributed by atoms with Gasteiger partial charge < -0.3 is 9.15 Å². The maximum absolute atomic E-state index is 6.14. The van der Waals surface area contributed by atoms with Gasteiger partial charge in [0.2, 0.25) is 5.88 Å². The van der Waals surface area contributed by atoms with Crippen molar-refractivity contribution in [3.63, 3.8) is 0 Å². The van der Waals surface area contributed by atoms with Gasteiger partial charge >= 0.3 is 0 Å². The molecule has 1 atom stereocenters. The van der Waals surface area contributed by atoms with Crippen LogP contribution in [0.5, 0.6) is 5.88 Å². The first kappa shape index (κ1) is 16.2. The third-order valence-corrected chi connectivity index (χ3v) is 4.31. The lowest BCUT2D eigenvalue weighted by molar-refractivity contribution is 0.206. The van der Waals surface area contributed by atoms with Crippen LogP contribution in [-0.4, -0.2) is 35.0 Å². The molecule has 1 N–H and O–H groups in total. The summed E-state index contributed by atoms with van der Waals surface area (Å²) in [6, 6.07) is 13.6. The molecule has 28 heavy (non-hydrogen) atoms. The van der Waals surface area contributed by atoms with Gasteiger partial charge in [0.1, 0.15) is 12.6 Å². The topological polar surface area (TPSA) is 107 Å². The van der Waals surface area contributed by atoms with E-state index in [0.717, 1.165) is 16.7 Å². The lowest BCUT2D eigenvalue weighted by Crippen LogP contribution is -2.09. The van der Waals surface area contributed by atoms with Gasteiger partial charge in [0.25, 0.3) is 0 Å². The Kier molecular flexibility index (Phi) is 3.82. The summed E-state index contributed by atoms with van der Waals surface area (Å²) in [5.41, 5.74) is 3.15. The van der Waals surface area contributed by atoms with Gasteiger partial charge in [-0.3, -0.25) is 5.10 Å². The first-order chi connectivity index (χ1) is 13.8. The number of nitrogens with one attached hydrogen (secondary N) is 1. The molecule has 9 heteroatoms. The molecule has 5 aromatic rings. The van der Waals surface area contributed by atoms with Gasteiger partial charge in [-0.15, -0.1) is 15.3 Å². The van der Waals surface area contributed by atoms with Crippen molar-refractivity contribution >= 4 is 5.65 Å². The molecule has 0 aliphatic rings. The number of aromatic amines is 1. The van der Waals surface area contributed by atoms with Crippen LogP contribution in [0.2, 0.25) is 0 Å². The monoisotopic (exact) mass is 373 g/mol. The van der Waals surface area contributed by atoms with Gasteiger partial charge in [-0.1, -0.05) is 30.3 Å². The summed E-state index contributed by atoms with van der Waals surface area (Å²) < 4.78 is 12.9. The lowest BCUT2D eigenvalue weighted by atomic mass is 10.1. The number of aromatic nitrogens is 7. The highest BCUT2D eigenvalue weighted by Crippen LogP contribution is 2.32. The zero-order chi connectivity index (χ0) is 18.9. The molecule has 1 unspecified atom stereocenters. The van der Waals surface area contributed by atoms with Crippen molar-refractivity contribution in [1.29, 1.82) is 0 Å². The maximum Gasteiger partial charge on any atom is 0.240 e. The van der Waals surface area contributed by atoms with Crippen molar-refractivity contribution in [3.05, 3.63) is 67.1 Å². The third kappa shape index (κ3) is 2.78. The van der Waals surface area contributed by atoms with Crippen molar-refractivity contribution in [2.24, 2.45) is 0 Å². The Labute approximate surface area is 159 Å². The van der Waals surface area contributed by atoms with Gasteiger partial charge in [-0.2, -0.15) is 9.61 Å². The number of benzene rings is 1. The molecule has 1 aromatic carbocycles. The number of furan rings is 1. The molecule has 0 amide bonds. The Morgan fingerprint density at radius 3 is 2.75 bits per heavy atom. The van der Waals surface area contributed by atoms with E-state index in [1.54, 1.807) is 23.1 Å². The van der Waals surface area contributed by atoms with E-state index in [-0.39, 0.29) is 0 Å². The minimum absolute atomic E-state index is 0.396. The largest absolute Gasteiger partial charge is 0.472 e. The fourth-order valence-electron chi connectivity index (χ4n) is 2.93. The van der Waals surface area contributed by atoms with E-state index in [4.69, 9.17) is 9.15 Å². The smallest absolute Gasteiger partial charge is 0.240 e. The summed E-state index contributed by atoms with van der Waals surface area (Å²) >= 11 is 0. The van der Waals surface area contributed by atoms with Crippen LogP contribution in [0.4, 0.5) is 0 Å². The van der Waals surface area contributed by atoms with Crippen molar-refractivity contribution in [3.8, 4) is 28.4 Å². The summed E-state index contributed by atoms with van der Waals surface area (Å²) in [7, 11) is 0. The van der Waals surface area contributed by atoms with Crippen LogP contribution < -0.4 is 4.74 Å². The van der Waals surface area contributed by atoms with Crippen LogP contribution in [0.1, 0.15) is 18.9 Å². The molecule has 0 spiro atoms. The average molecular weight is 373 g/mol. The van der Waals surface area contributed by atoms with Gasteiger partial charge in [0.15, 0.2) is 23.4 Å². The number of hydrogen-bond acceptors (Lipinski definition) is 7. The van der Waals surface area contributed by atoms with Gasteiger partial charge in [-0.25, -0.2) is 4.98 Å². The van der Waals surface area contributed by atoms with Crippen LogP contribution in [0, 0.1) is 0 Å². The maximum atomic E-state index is 6.14. The first-order valence-corrected chi connectivity index (χ1v) is 8.66. The first-order valence-electron chi connectivity index (χ1n) is 8.66. The molecule has 0 saturated carbocycles. The SMILES string of the molecule is CC(Oc1nn2c(-c3ccoc3)nnc2cc1-c1ccccc1)c1nc[nH]n1. The van der Waals surface area contributed by atoms with E-state index in [0.29, 0.717) is 23.2 Å². The standard InChI is InChI=1S/C19H15N7O2/c1-12(17-20-11-21-23-17)28-19-15(13-5-3-2-4-6-13)9-16-22-24-18(26(16)25-19)14-7-8-27-10-14/h2-12H,1H3,(H,20,21,23). The zero-order valence-electron chi connectivity index (χ0n) is 14.9. The molecule has 0 aliphatic carbocycles. The highest BCUT2D eigenvalue weighted by molar-refractivity contribution is 5.72. The molecule has 4 heterocycles. The molecular formula is C19H15N7O2. The average Bonchev–Trinajstić information content (AvgIpc) is 3.48. The van der Waals surface area contributed by atoms with Gasteiger partial charge in [0, 0.05) is 5.56 Å².